The lowest BCUT2D eigenvalue weighted by Crippen LogP contribution is -2.14. The molecule has 142 valence electrons. The molecule has 0 atom stereocenters. The van der Waals surface area contributed by atoms with E-state index in [0.717, 1.165) is 5.56 Å². The van der Waals surface area contributed by atoms with Gasteiger partial charge in [0.25, 0.3) is 11.8 Å². The van der Waals surface area contributed by atoms with E-state index in [1.165, 1.54) is 11.3 Å². The highest BCUT2D eigenvalue weighted by molar-refractivity contribution is 7.12. The number of nitrogens with zero attached hydrogens (tertiary/aromatic N) is 2. The molecular formula is C22H16N4O2S. The second kappa shape index (κ2) is 8.45. The van der Waals surface area contributed by atoms with Crippen molar-refractivity contribution >= 4 is 34.5 Å². The first kappa shape index (κ1) is 18.5. The van der Waals surface area contributed by atoms with Crippen LogP contribution in [0.25, 0.3) is 11.4 Å². The van der Waals surface area contributed by atoms with Gasteiger partial charge in [-0.1, -0.05) is 42.5 Å². The number of benzene rings is 2. The van der Waals surface area contributed by atoms with Gasteiger partial charge in [0.2, 0.25) is 0 Å². The van der Waals surface area contributed by atoms with Crippen LogP contribution < -0.4 is 10.6 Å². The van der Waals surface area contributed by atoms with Gasteiger partial charge in [0.1, 0.15) is 0 Å². The predicted molar refractivity (Wildman–Crippen MR) is 114 cm³/mol. The summed E-state index contributed by atoms with van der Waals surface area (Å²) >= 11 is 1.36. The first-order chi connectivity index (χ1) is 14.2. The van der Waals surface area contributed by atoms with E-state index in [-0.39, 0.29) is 11.8 Å². The molecule has 0 aliphatic carbocycles. The van der Waals surface area contributed by atoms with Crippen molar-refractivity contribution in [1.82, 2.24) is 9.97 Å². The molecule has 0 spiro atoms. The van der Waals surface area contributed by atoms with E-state index in [9.17, 15) is 9.59 Å². The van der Waals surface area contributed by atoms with Gasteiger partial charge in [-0.3, -0.25) is 9.59 Å². The maximum Gasteiger partial charge on any atom is 0.265 e. The molecule has 0 saturated heterocycles. The first-order valence-electron chi connectivity index (χ1n) is 8.83. The van der Waals surface area contributed by atoms with E-state index in [1.54, 1.807) is 42.7 Å². The molecule has 0 saturated carbocycles. The molecular weight excluding hydrogens is 384 g/mol. The average molecular weight is 400 g/mol. The van der Waals surface area contributed by atoms with Crippen LogP contribution in [-0.2, 0) is 0 Å². The standard InChI is InChI=1S/C22H16N4O2S/c27-21(26-18-13-23-20(24-14-18)15-6-2-1-3-7-15)16-8-4-9-17(12-16)25-22(28)19-10-5-11-29-19/h1-14H,(H,25,28)(H,26,27). The van der Waals surface area contributed by atoms with Gasteiger partial charge >= 0.3 is 0 Å². The number of nitrogens with one attached hydrogen (secondary N) is 2. The maximum absolute atomic E-state index is 12.6. The molecule has 4 rings (SSSR count). The fraction of sp³-hybridized carbons (Fsp3) is 0. The Hall–Kier alpha value is -3.84. The molecule has 2 N–H and O–H groups in total. The lowest BCUT2D eigenvalue weighted by molar-refractivity contribution is 0.101. The van der Waals surface area contributed by atoms with Crippen molar-refractivity contribution in [2.45, 2.75) is 0 Å². The summed E-state index contributed by atoms with van der Waals surface area (Å²) in [6.45, 7) is 0. The van der Waals surface area contributed by atoms with Gasteiger partial charge in [-0.2, -0.15) is 0 Å². The molecule has 2 aromatic carbocycles. The van der Waals surface area contributed by atoms with Crippen molar-refractivity contribution in [2.24, 2.45) is 0 Å². The lowest BCUT2D eigenvalue weighted by Gasteiger charge is -2.08. The van der Waals surface area contributed by atoms with Crippen molar-refractivity contribution in [2.75, 3.05) is 10.6 Å². The monoisotopic (exact) mass is 400 g/mol. The highest BCUT2D eigenvalue weighted by Crippen LogP contribution is 2.17. The van der Waals surface area contributed by atoms with Crippen LogP contribution in [0.5, 0.6) is 0 Å². The second-order valence-electron chi connectivity index (χ2n) is 6.13. The van der Waals surface area contributed by atoms with Crippen molar-refractivity contribution in [3.05, 3.63) is 94.9 Å². The Labute approximate surface area is 171 Å². The Morgan fingerprint density at radius 2 is 1.52 bits per heavy atom. The molecule has 2 amide bonds. The van der Waals surface area contributed by atoms with Crippen LogP contribution in [0.1, 0.15) is 20.0 Å². The summed E-state index contributed by atoms with van der Waals surface area (Å²) in [5, 5.41) is 7.40. The summed E-state index contributed by atoms with van der Waals surface area (Å²) in [6.07, 6.45) is 3.13. The Morgan fingerprint density at radius 1 is 0.759 bits per heavy atom. The number of thiophene rings is 1. The lowest BCUT2D eigenvalue weighted by atomic mass is 10.2. The van der Waals surface area contributed by atoms with E-state index in [2.05, 4.69) is 20.6 Å². The molecule has 0 fully saturated rings. The molecule has 0 bridgehead atoms. The Kier molecular flexibility index (Phi) is 5.40. The number of hydrogen-bond acceptors (Lipinski definition) is 5. The fourth-order valence-electron chi connectivity index (χ4n) is 2.67. The third kappa shape index (κ3) is 4.53. The van der Waals surface area contributed by atoms with Crippen LogP contribution in [0.3, 0.4) is 0 Å². The van der Waals surface area contributed by atoms with Crippen LogP contribution in [-0.4, -0.2) is 21.8 Å². The molecule has 6 nitrogen and oxygen atoms in total. The Morgan fingerprint density at radius 3 is 2.24 bits per heavy atom. The first-order valence-corrected chi connectivity index (χ1v) is 9.71. The summed E-state index contributed by atoms with van der Waals surface area (Å²) < 4.78 is 0. The highest BCUT2D eigenvalue weighted by Gasteiger charge is 2.11. The number of aromatic nitrogens is 2. The third-order valence-corrected chi connectivity index (χ3v) is 4.94. The van der Waals surface area contributed by atoms with Gasteiger partial charge in [-0.15, -0.1) is 11.3 Å². The Balaban J connectivity index is 1.44. The largest absolute Gasteiger partial charge is 0.321 e. The van der Waals surface area contributed by atoms with Crippen molar-refractivity contribution in [1.29, 1.82) is 0 Å². The molecule has 29 heavy (non-hydrogen) atoms. The topological polar surface area (TPSA) is 84.0 Å². The number of amides is 2. The van der Waals surface area contributed by atoms with E-state index in [0.29, 0.717) is 27.6 Å². The molecule has 0 aliphatic heterocycles. The smallest absolute Gasteiger partial charge is 0.265 e. The highest BCUT2D eigenvalue weighted by atomic mass is 32.1. The summed E-state index contributed by atoms with van der Waals surface area (Å²) in [5.74, 6) is 0.0672. The zero-order valence-electron chi connectivity index (χ0n) is 15.2. The van der Waals surface area contributed by atoms with Crippen LogP contribution >= 0.6 is 11.3 Å². The minimum absolute atomic E-state index is 0.206. The zero-order valence-corrected chi connectivity index (χ0v) is 16.0. The van der Waals surface area contributed by atoms with Gasteiger partial charge in [-0.05, 0) is 29.6 Å². The molecule has 2 aromatic heterocycles. The van der Waals surface area contributed by atoms with Crippen LogP contribution in [0.4, 0.5) is 11.4 Å². The number of rotatable bonds is 5. The van der Waals surface area contributed by atoms with Crippen molar-refractivity contribution < 1.29 is 9.59 Å². The van der Waals surface area contributed by atoms with E-state index < -0.39 is 0 Å². The minimum atomic E-state index is -0.312. The number of carbonyl (C=O) groups is 2. The summed E-state index contributed by atoms with van der Waals surface area (Å²) in [4.78, 5) is 33.9. The summed E-state index contributed by atoms with van der Waals surface area (Å²) in [5.41, 5.74) is 2.36. The van der Waals surface area contributed by atoms with E-state index in [4.69, 9.17) is 0 Å². The molecule has 0 unspecified atom stereocenters. The van der Waals surface area contributed by atoms with Gasteiger partial charge < -0.3 is 10.6 Å². The van der Waals surface area contributed by atoms with Crippen LogP contribution in [0.2, 0.25) is 0 Å². The van der Waals surface area contributed by atoms with E-state index in [1.807, 2.05) is 41.8 Å². The Bertz CT molecular complexity index is 1130. The maximum atomic E-state index is 12.6. The van der Waals surface area contributed by atoms with Crippen LogP contribution in [0.15, 0.2) is 84.5 Å². The van der Waals surface area contributed by atoms with Gasteiger partial charge in [0, 0.05) is 16.8 Å². The average Bonchev–Trinajstić information content (AvgIpc) is 3.30. The van der Waals surface area contributed by atoms with Gasteiger partial charge in [-0.25, -0.2) is 9.97 Å². The zero-order chi connectivity index (χ0) is 20.1. The number of anilines is 2. The molecule has 4 aromatic rings. The second-order valence-corrected chi connectivity index (χ2v) is 7.08. The SMILES string of the molecule is O=C(Nc1cnc(-c2ccccc2)nc1)c1cccc(NC(=O)c2cccs2)c1. The van der Waals surface area contributed by atoms with E-state index >= 15 is 0 Å². The molecule has 0 radical (unpaired) electrons. The fourth-order valence-corrected chi connectivity index (χ4v) is 3.29. The van der Waals surface area contributed by atoms with Gasteiger partial charge in [0.05, 0.1) is 23.0 Å². The molecule has 7 heteroatoms. The summed E-state index contributed by atoms with van der Waals surface area (Å²) in [7, 11) is 0. The molecule has 0 aliphatic rings. The summed E-state index contributed by atoms with van der Waals surface area (Å²) in [6, 6.07) is 19.9. The van der Waals surface area contributed by atoms with Crippen LogP contribution in [0, 0.1) is 0 Å². The predicted octanol–water partition coefficient (Wildman–Crippen LogP) is 4.71. The quantitative estimate of drug-likeness (QED) is 0.508. The van der Waals surface area contributed by atoms with Crippen molar-refractivity contribution in [3.8, 4) is 11.4 Å². The third-order valence-electron chi connectivity index (χ3n) is 4.07. The van der Waals surface area contributed by atoms with Crippen molar-refractivity contribution in [3.63, 3.8) is 0 Å². The minimum Gasteiger partial charge on any atom is -0.321 e. The van der Waals surface area contributed by atoms with Gasteiger partial charge in [0.15, 0.2) is 5.82 Å². The molecule has 2 heterocycles. The number of hydrogen-bond donors (Lipinski definition) is 2. The normalized spacial score (nSPS) is 10.3. The number of carbonyl (C=O) groups excluding carboxylic acids is 2.